The predicted molar refractivity (Wildman–Crippen MR) is 58.8 cm³/mol. The van der Waals surface area contributed by atoms with Gasteiger partial charge in [0.15, 0.2) is 0 Å². The summed E-state index contributed by atoms with van der Waals surface area (Å²) in [6, 6.07) is 2.30. The highest BCUT2D eigenvalue weighted by atomic mass is 16.2. The van der Waals surface area contributed by atoms with Gasteiger partial charge in [0, 0.05) is 27.2 Å². The van der Waals surface area contributed by atoms with Crippen LogP contribution in [0.15, 0.2) is 9.98 Å². The van der Waals surface area contributed by atoms with Crippen LogP contribution in [0.4, 0.5) is 0 Å². The van der Waals surface area contributed by atoms with Crippen LogP contribution >= 0.6 is 0 Å². The van der Waals surface area contributed by atoms with Gasteiger partial charge in [-0.1, -0.05) is 0 Å². The van der Waals surface area contributed by atoms with Crippen LogP contribution in [-0.2, 0) is 4.79 Å². The van der Waals surface area contributed by atoms with Crippen molar-refractivity contribution in [3.05, 3.63) is 0 Å². The number of rotatable bonds is 3. The first-order valence-electron chi connectivity index (χ1n) is 5.26. The van der Waals surface area contributed by atoms with Gasteiger partial charge in [-0.05, 0) is 19.8 Å². The second kappa shape index (κ2) is 5.75. The number of carbonyl (C=O) groups is 1. The van der Waals surface area contributed by atoms with Crippen LogP contribution < -0.4 is 0 Å². The van der Waals surface area contributed by atoms with Crippen LogP contribution in [0.3, 0.4) is 0 Å². The van der Waals surface area contributed by atoms with Crippen molar-refractivity contribution in [3.63, 3.8) is 0 Å². The van der Waals surface area contributed by atoms with Crippen molar-refractivity contribution in [1.29, 1.82) is 0 Å². The van der Waals surface area contributed by atoms with Crippen molar-refractivity contribution in [2.24, 2.45) is 9.98 Å². The highest BCUT2D eigenvalue weighted by molar-refractivity contribution is 5.87. The highest BCUT2D eigenvalue weighted by Crippen LogP contribution is 2.18. The Balaban J connectivity index is 2.62. The molecule has 0 N–H and O–H groups in total. The minimum atomic E-state index is -0.140. The largest absolute Gasteiger partial charge is 0.273 e. The van der Waals surface area contributed by atoms with E-state index in [4.69, 9.17) is 0 Å². The Morgan fingerprint density at radius 3 is 2.93 bits per heavy atom. The molecule has 84 valence electrons. The molecule has 0 aromatic rings. The molecule has 0 saturated carbocycles. The minimum absolute atomic E-state index is 0.125. The predicted octanol–water partition coefficient (Wildman–Crippen LogP) is 0.648. The quantitative estimate of drug-likeness (QED) is 0.642. The Labute approximate surface area is 90.5 Å². The Morgan fingerprint density at radius 1 is 1.60 bits per heavy atom. The van der Waals surface area contributed by atoms with Gasteiger partial charge in [-0.2, -0.15) is 0 Å². The van der Waals surface area contributed by atoms with E-state index in [0.29, 0.717) is 6.54 Å². The topological polar surface area (TPSA) is 48.3 Å². The van der Waals surface area contributed by atoms with Crippen LogP contribution in [0.1, 0.15) is 19.8 Å². The molecule has 0 bridgehead atoms. The van der Waals surface area contributed by atoms with Crippen molar-refractivity contribution < 1.29 is 4.79 Å². The fraction of sp³-hybridized carbons (Fsp3) is 0.800. The Bertz CT molecular complexity index is 281. The summed E-state index contributed by atoms with van der Waals surface area (Å²) in [7, 11) is 3.88. The third-order valence-electron chi connectivity index (χ3n) is 2.41. The number of amides is 1. The molecule has 0 spiro atoms. The van der Waals surface area contributed by atoms with Gasteiger partial charge in [0.05, 0.1) is 6.01 Å². The Kier molecular flexibility index (Phi) is 4.62. The van der Waals surface area contributed by atoms with Crippen LogP contribution in [0, 0.1) is 0 Å². The lowest BCUT2D eigenvalue weighted by molar-refractivity contribution is -0.127. The number of hydrazine groups is 1. The maximum absolute atomic E-state index is 11.7. The fourth-order valence-corrected chi connectivity index (χ4v) is 1.71. The van der Waals surface area contributed by atoms with E-state index in [2.05, 4.69) is 16.0 Å². The standard InChI is InChI=1S/C10H18N4O/c1-4-11-8-12-10(15)9-6-5-7-14(9)13(2)3/h9H,4-7H2,1-3H3. The molecule has 0 aromatic carbocycles. The highest BCUT2D eigenvalue weighted by Gasteiger charge is 2.31. The molecule has 1 fully saturated rings. The number of hydrogen-bond donors (Lipinski definition) is 0. The number of aliphatic imine (C=N–C) groups is 2. The molecule has 1 heterocycles. The summed E-state index contributed by atoms with van der Waals surface area (Å²) in [5.41, 5.74) is 0. The molecule has 1 unspecified atom stereocenters. The Hall–Kier alpha value is -1.03. The van der Waals surface area contributed by atoms with Gasteiger partial charge in [0.2, 0.25) is 0 Å². The van der Waals surface area contributed by atoms with Crippen LogP contribution in [0.2, 0.25) is 0 Å². The van der Waals surface area contributed by atoms with Gasteiger partial charge in [-0.15, -0.1) is 4.99 Å². The van der Waals surface area contributed by atoms with Gasteiger partial charge in [-0.3, -0.25) is 4.79 Å². The van der Waals surface area contributed by atoms with Crippen LogP contribution in [0.5, 0.6) is 0 Å². The van der Waals surface area contributed by atoms with Crippen molar-refractivity contribution in [3.8, 4) is 0 Å². The second-order valence-electron chi connectivity index (χ2n) is 3.69. The van der Waals surface area contributed by atoms with Crippen LogP contribution in [0.25, 0.3) is 0 Å². The van der Waals surface area contributed by atoms with Crippen molar-refractivity contribution in [2.45, 2.75) is 25.8 Å². The van der Waals surface area contributed by atoms with Crippen molar-refractivity contribution in [1.82, 2.24) is 10.0 Å². The van der Waals surface area contributed by atoms with Gasteiger partial charge < -0.3 is 0 Å². The molecule has 1 rings (SSSR count). The average Bonchev–Trinajstić information content (AvgIpc) is 2.66. The molecule has 1 aliphatic heterocycles. The fourth-order valence-electron chi connectivity index (χ4n) is 1.71. The maximum Gasteiger partial charge on any atom is 0.273 e. The lowest BCUT2D eigenvalue weighted by Crippen LogP contribution is -2.44. The summed E-state index contributed by atoms with van der Waals surface area (Å²) >= 11 is 0. The zero-order valence-corrected chi connectivity index (χ0v) is 9.60. The molecule has 15 heavy (non-hydrogen) atoms. The van der Waals surface area contributed by atoms with E-state index in [-0.39, 0.29) is 11.9 Å². The monoisotopic (exact) mass is 210 g/mol. The number of hydrogen-bond acceptors (Lipinski definition) is 4. The SMILES string of the molecule is CCN=C=NC(=O)C1CCCN1N(C)C. The first kappa shape index (κ1) is 12.0. The van der Waals surface area contributed by atoms with Gasteiger partial charge >= 0.3 is 0 Å². The number of carbonyl (C=O) groups excluding carboxylic acids is 1. The van der Waals surface area contributed by atoms with Gasteiger partial charge in [0.1, 0.15) is 6.04 Å². The van der Waals surface area contributed by atoms with Crippen LogP contribution in [-0.4, -0.2) is 55.2 Å². The molecule has 0 aliphatic carbocycles. The first-order chi connectivity index (χ1) is 7.16. The molecule has 5 nitrogen and oxygen atoms in total. The van der Waals surface area contributed by atoms with E-state index in [0.717, 1.165) is 19.4 Å². The zero-order valence-electron chi connectivity index (χ0n) is 9.60. The molecule has 0 aromatic heterocycles. The summed E-state index contributed by atoms with van der Waals surface area (Å²) in [6.45, 7) is 3.41. The third kappa shape index (κ3) is 3.23. The van der Waals surface area contributed by atoms with Crippen molar-refractivity contribution in [2.75, 3.05) is 27.2 Å². The zero-order chi connectivity index (χ0) is 11.3. The summed E-state index contributed by atoms with van der Waals surface area (Å²) in [4.78, 5) is 19.2. The average molecular weight is 210 g/mol. The molecular formula is C10H18N4O. The molecule has 5 heteroatoms. The van der Waals surface area contributed by atoms with Gasteiger partial charge in [-0.25, -0.2) is 15.0 Å². The van der Waals surface area contributed by atoms with E-state index in [1.54, 1.807) is 0 Å². The molecular weight excluding hydrogens is 192 g/mol. The maximum atomic E-state index is 11.7. The lowest BCUT2D eigenvalue weighted by atomic mass is 10.2. The van der Waals surface area contributed by atoms with E-state index in [1.165, 1.54) is 0 Å². The molecule has 1 atom stereocenters. The molecule has 1 amide bonds. The number of nitrogens with zero attached hydrogens (tertiary/aromatic N) is 4. The molecule has 1 aliphatic rings. The first-order valence-corrected chi connectivity index (χ1v) is 5.26. The third-order valence-corrected chi connectivity index (χ3v) is 2.41. The molecule has 0 radical (unpaired) electrons. The summed E-state index contributed by atoms with van der Waals surface area (Å²) in [5.74, 6) is -0.140. The van der Waals surface area contributed by atoms with E-state index >= 15 is 0 Å². The smallest absolute Gasteiger partial charge is 0.270 e. The Morgan fingerprint density at radius 2 is 2.33 bits per heavy atom. The van der Waals surface area contributed by atoms with E-state index in [9.17, 15) is 4.79 Å². The normalized spacial score (nSPS) is 21.5. The summed E-state index contributed by atoms with van der Waals surface area (Å²) in [5, 5.41) is 3.97. The summed E-state index contributed by atoms with van der Waals surface area (Å²) in [6.07, 6.45) is 1.91. The van der Waals surface area contributed by atoms with E-state index < -0.39 is 0 Å². The minimum Gasteiger partial charge on any atom is -0.270 e. The van der Waals surface area contributed by atoms with Crippen molar-refractivity contribution >= 4 is 11.9 Å². The molecule has 1 saturated heterocycles. The van der Waals surface area contributed by atoms with E-state index in [1.807, 2.05) is 31.0 Å². The summed E-state index contributed by atoms with van der Waals surface area (Å²) < 4.78 is 0. The second-order valence-corrected chi connectivity index (χ2v) is 3.69. The van der Waals surface area contributed by atoms with Gasteiger partial charge in [0.25, 0.3) is 5.91 Å². The lowest BCUT2D eigenvalue weighted by Gasteiger charge is -2.27.